The first-order valence-electron chi connectivity index (χ1n) is 5.42. The van der Waals surface area contributed by atoms with E-state index in [2.05, 4.69) is 0 Å². The third-order valence-corrected chi connectivity index (χ3v) is 3.27. The van der Waals surface area contributed by atoms with Crippen molar-refractivity contribution in [2.75, 3.05) is 7.11 Å². The lowest BCUT2D eigenvalue weighted by Gasteiger charge is -2.36. The van der Waals surface area contributed by atoms with Gasteiger partial charge in [-0.3, -0.25) is 0 Å². The molecule has 0 aromatic rings. The van der Waals surface area contributed by atoms with Gasteiger partial charge < -0.3 is 20.9 Å². The van der Waals surface area contributed by atoms with Crippen LogP contribution < -0.4 is 11.5 Å². The third-order valence-electron chi connectivity index (χ3n) is 3.27. The molecule has 1 heterocycles. The van der Waals surface area contributed by atoms with Gasteiger partial charge in [0.15, 0.2) is 6.29 Å². The van der Waals surface area contributed by atoms with Gasteiger partial charge >= 0.3 is 0 Å². The summed E-state index contributed by atoms with van der Waals surface area (Å²) in [6, 6.07) is 0.183. The van der Waals surface area contributed by atoms with E-state index in [1.807, 2.05) is 0 Å². The molecule has 0 radical (unpaired) electrons. The van der Waals surface area contributed by atoms with Gasteiger partial charge in [0.2, 0.25) is 0 Å². The van der Waals surface area contributed by atoms with Crippen LogP contribution in [0.2, 0.25) is 0 Å². The zero-order valence-corrected chi connectivity index (χ0v) is 8.69. The van der Waals surface area contributed by atoms with Crippen LogP contribution >= 0.6 is 0 Å². The van der Waals surface area contributed by atoms with E-state index in [1.165, 1.54) is 12.8 Å². The zero-order valence-electron chi connectivity index (χ0n) is 8.69. The summed E-state index contributed by atoms with van der Waals surface area (Å²) >= 11 is 0. The van der Waals surface area contributed by atoms with E-state index in [0.717, 1.165) is 12.8 Å². The lowest BCUT2D eigenvalue weighted by Crippen LogP contribution is -2.51. The monoisotopic (exact) mass is 200 g/mol. The second-order valence-corrected chi connectivity index (χ2v) is 4.43. The van der Waals surface area contributed by atoms with Crippen LogP contribution in [0.5, 0.6) is 0 Å². The molecule has 0 amide bonds. The molecule has 2 fully saturated rings. The maximum absolute atomic E-state index is 6.09. The van der Waals surface area contributed by atoms with Crippen LogP contribution in [0.25, 0.3) is 0 Å². The molecular formula is C10H20N2O2. The van der Waals surface area contributed by atoms with E-state index < -0.39 is 0 Å². The standard InChI is InChI=1S/C10H20N2O2/c1-13-10-7(11)4-5-8(14-10)9(12)6-2-3-6/h6-10H,2-5,11-12H2,1H3/t7-,8?,9?,10+/m1/s1. The Morgan fingerprint density at radius 1 is 1.29 bits per heavy atom. The molecule has 2 rings (SSSR count). The highest BCUT2D eigenvalue weighted by Crippen LogP contribution is 2.36. The Morgan fingerprint density at radius 2 is 2.00 bits per heavy atom. The SMILES string of the molecule is CO[C@H]1OC(C(N)C2CC2)CC[C@H]1N. The van der Waals surface area contributed by atoms with Crippen LogP contribution in [0, 0.1) is 5.92 Å². The van der Waals surface area contributed by atoms with Crippen LogP contribution in [-0.4, -0.2) is 31.6 Å². The Kier molecular flexibility index (Phi) is 3.07. The second kappa shape index (κ2) is 4.14. The van der Waals surface area contributed by atoms with E-state index in [-0.39, 0.29) is 24.5 Å². The summed E-state index contributed by atoms with van der Waals surface area (Å²) in [6.07, 6.45) is 4.31. The van der Waals surface area contributed by atoms with E-state index in [0.29, 0.717) is 5.92 Å². The molecule has 4 atom stereocenters. The molecule has 4 N–H and O–H groups in total. The molecular weight excluding hydrogens is 180 g/mol. The number of hydrogen-bond donors (Lipinski definition) is 2. The molecule has 0 spiro atoms. The first kappa shape index (κ1) is 10.4. The number of hydrogen-bond acceptors (Lipinski definition) is 4. The van der Waals surface area contributed by atoms with Gasteiger partial charge in [0.25, 0.3) is 0 Å². The van der Waals surface area contributed by atoms with Crippen molar-refractivity contribution in [2.24, 2.45) is 17.4 Å². The molecule has 1 aliphatic heterocycles. The Morgan fingerprint density at radius 3 is 2.57 bits per heavy atom. The normalized spacial score (nSPS) is 40.9. The van der Waals surface area contributed by atoms with Gasteiger partial charge in [0.1, 0.15) is 0 Å². The predicted molar refractivity (Wildman–Crippen MR) is 53.6 cm³/mol. The van der Waals surface area contributed by atoms with Crippen LogP contribution in [0.3, 0.4) is 0 Å². The molecule has 2 unspecified atom stereocenters. The average molecular weight is 200 g/mol. The molecule has 1 saturated carbocycles. The highest BCUT2D eigenvalue weighted by atomic mass is 16.7. The summed E-state index contributed by atoms with van der Waals surface area (Å²) in [7, 11) is 1.63. The Labute approximate surface area is 84.9 Å². The highest BCUT2D eigenvalue weighted by molar-refractivity contribution is 4.92. The van der Waals surface area contributed by atoms with Gasteiger partial charge in [-0.25, -0.2) is 0 Å². The summed E-state index contributed by atoms with van der Waals surface area (Å²) in [4.78, 5) is 0. The molecule has 1 saturated heterocycles. The largest absolute Gasteiger partial charge is 0.354 e. The summed E-state index contributed by atoms with van der Waals surface area (Å²) in [5.74, 6) is 0.673. The van der Waals surface area contributed by atoms with Crippen molar-refractivity contribution in [3.63, 3.8) is 0 Å². The zero-order chi connectivity index (χ0) is 10.1. The van der Waals surface area contributed by atoms with Crippen LogP contribution in [-0.2, 0) is 9.47 Å². The van der Waals surface area contributed by atoms with Crippen molar-refractivity contribution in [2.45, 2.75) is 50.2 Å². The summed E-state index contributed by atoms with van der Waals surface area (Å²) in [5, 5.41) is 0. The maximum Gasteiger partial charge on any atom is 0.172 e. The Balaban J connectivity index is 1.88. The van der Waals surface area contributed by atoms with Crippen LogP contribution in [0.4, 0.5) is 0 Å². The molecule has 14 heavy (non-hydrogen) atoms. The van der Waals surface area contributed by atoms with Crippen LogP contribution in [0.1, 0.15) is 25.7 Å². The summed E-state index contributed by atoms with van der Waals surface area (Å²) in [6.45, 7) is 0. The van der Waals surface area contributed by atoms with E-state index in [1.54, 1.807) is 7.11 Å². The van der Waals surface area contributed by atoms with Crippen molar-refractivity contribution in [3.05, 3.63) is 0 Å². The van der Waals surface area contributed by atoms with Gasteiger partial charge in [0, 0.05) is 13.2 Å². The molecule has 0 aromatic heterocycles. The fourth-order valence-corrected chi connectivity index (χ4v) is 2.13. The Bertz CT molecular complexity index is 197. The van der Waals surface area contributed by atoms with E-state index in [9.17, 15) is 0 Å². The average Bonchev–Trinajstić information content (AvgIpc) is 3.01. The Hall–Kier alpha value is -0.160. The second-order valence-electron chi connectivity index (χ2n) is 4.43. The molecule has 0 aromatic carbocycles. The van der Waals surface area contributed by atoms with Crippen molar-refractivity contribution < 1.29 is 9.47 Å². The van der Waals surface area contributed by atoms with Gasteiger partial charge in [-0.05, 0) is 31.6 Å². The van der Waals surface area contributed by atoms with Crippen molar-refractivity contribution in [3.8, 4) is 0 Å². The summed E-state index contributed by atoms with van der Waals surface area (Å²) < 4.78 is 10.9. The number of ether oxygens (including phenoxy) is 2. The quantitative estimate of drug-likeness (QED) is 0.683. The van der Waals surface area contributed by atoms with Crippen molar-refractivity contribution in [1.82, 2.24) is 0 Å². The number of methoxy groups -OCH3 is 1. The van der Waals surface area contributed by atoms with Gasteiger partial charge in [-0.2, -0.15) is 0 Å². The summed E-state index contributed by atoms with van der Waals surface area (Å²) in [5.41, 5.74) is 11.9. The highest BCUT2D eigenvalue weighted by Gasteiger charge is 2.38. The first-order chi connectivity index (χ1) is 6.72. The van der Waals surface area contributed by atoms with Gasteiger partial charge in [-0.1, -0.05) is 0 Å². The number of nitrogens with two attached hydrogens (primary N) is 2. The van der Waals surface area contributed by atoms with E-state index in [4.69, 9.17) is 20.9 Å². The topological polar surface area (TPSA) is 70.5 Å². The third kappa shape index (κ3) is 2.08. The predicted octanol–water partition coefficient (Wildman–Crippen LogP) is 0.203. The van der Waals surface area contributed by atoms with Gasteiger partial charge in [0.05, 0.1) is 12.1 Å². The molecule has 0 bridgehead atoms. The van der Waals surface area contributed by atoms with Crippen LogP contribution in [0.15, 0.2) is 0 Å². The maximum atomic E-state index is 6.09. The lowest BCUT2D eigenvalue weighted by atomic mass is 9.97. The van der Waals surface area contributed by atoms with Crippen molar-refractivity contribution in [1.29, 1.82) is 0 Å². The van der Waals surface area contributed by atoms with E-state index >= 15 is 0 Å². The minimum absolute atomic E-state index is 0.00246. The minimum atomic E-state index is -0.265. The fourth-order valence-electron chi connectivity index (χ4n) is 2.13. The smallest absolute Gasteiger partial charge is 0.172 e. The molecule has 2 aliphatic rings. The van der Waals surface area contributed by atoms with Gasteiger partial charge in [-0.15, -0.1) is 0 Å². The molecule has 82 valence electrons. The lowest BCUT2D eigenvalue weighted by molar-refractivity contribution is -0.194. The number of rotatable bonds is 3. The minimum Gasteiger partial charge on any atom is -0.354 e. The fraction of sp³-hybridized carbons (Fsp3) is 1.00. The van der Waals surface area contributed by atoms with Crippen molar-refractivity contribution >= 4 is 0 Å². The molecule has 4 nitrogen and oxygen atoms in total. The first-order valence-corrected chi connectivity index (χ1v) is 5.42. The molecule has 1 aliphatic carbocycles. The molecule has 4 heteroatoms.